The molecule has 2 N–H and O–H groups in total. The van der Waals surface area contributed by atoms with E-state index in [0.717, 1.165) is 38.9 Å². The lowest BCUT2D eigenvalue weighted by atomic mass is 9.98. The van der Waals surface area contributed by atoms with Gasteiger partial charge in [-0.2, -0.15) is 5.26 Å². The van der Waals surface area contributed by atoms with Gasteiger partial charge < -0.3 is 10.5 Å². The van der Waals surface area contributed by atoms with Crippen LogP contribution in [0.25, 0.3) is 0 Å². The molecule has 3 unspecified atom stereocenters. The van der Waals surface area contributed by atoms with Gasteiger partial charge in [0.15, 0.2) is 0 Å². The van der Waals surface area contributed by atoms with Crippen LogP contribution in [0.3, 0.4) is 0 Å². The summed E-state index contributed by atoms with van der Waals surface area (Å²) in [5, 5.41) is 8.81. The number of nitriles is 1. The molecule has 1 aliphatic rings. The molecule has 4 heteroatoms. The van der Waals surface area contributed by atoms with Crippen molar-refractivity contribution < 1.29 is 4.74 Å². The highest BCUT2D eigenvalue weighted by Crippen LogP contribution is 2.13. The van der Waals surface area contributed by atoms with Gasteiger partial charge in [-0.3, -0.25) is 4.90 Å². The third kappa shape index (κ3) is 5.49. The zero-order valence-corrected chi connectivity index (χ0v) is 11.3. The molecule has 0 aliphatic carbocycles. The summed E-state index contributed by atoms with van der Waals surface area (Å²) >= 11 is 0. The first-order chi connectivity index (χ1) is 7.93. The Morgan fingerprint density at radius 2 is 1.94 bits per heavy atom. The van der Waals surface area contributed by atoms with Gasteiger partial charge in [-0.25, -0.2) is 0 Å². The van der Waals surface area contributed by atoms with Crippen molar-refractivity contribution in [2.24, 2.45) is 5.73 Å². The summed E-state index contributed by atoms with van der Waals surface area (Å²) in [7, 11) is 0. The van der Waals surface area contributed by atoms with Crippen LogP contribution in [0.4, 0.5) is 0 Å². The Bertz CT molecular complexity index is 262. The first-order valence-electron chi connectivity index (χ1n) is 6.51. The summed E-state index contributed by atoms with van der Waals surface area (Å²) in [6, 6.07) is 2.14. The van der Waals surface area contributed by atoms with E-state index >= 15 is 0 Å². The van der Waals surface area contributed by atoms with Crippen LogP contribution in [0.15, 0.2) is 0 Å². The van der Waals surface area contributed by atoms with Crippen LogP contribution >= 0.6 is 0 Å². The van der Waals surface area contributed by atoms with Crippen molar-refractivity contribution >= 4 is 0 Å². The zero-order valence-electron chi connectivity index (χ0n) is 11.3. The molecule has 0 aromatic carbocycles. The number of nitrogens with zero attached hydrogens (tertiary/aromatic N) is 2. The molecule has 0 radical (unpaired) electrons. The molecule has 4 nitrogen and oxygen atoms in total. The molecule has 0 aromatic heterocycles. The largest absolute Gasteiger partial charge is 0.373 e. The second-order valence-electron chi connectivity index (χ2n) is 5.50. The molecule has 0 saturated carbocycles. The molecule has 1 fully saturated rings. The molecule has 0 spiro atoms. The topological polar surface area (TPSA) is 62.3 Å². The minimum Gasteiger partial charge on any atom is -0.373 e. The molecule has 0 aromatic rings. The van der Waals surface area contributed by atoms with E-state index in [9.17, 15) is 0 Å². The van der Waals surface area contributed by atoms with Crippen molar-refractivity contribution in [3.8, 4) is 6.07 Å². The van der Waals surface area contributed by atoms with Crippen LogP contribution in [0.5, 0.6) is 0 Å². The average molecular weight is 239 g/mol. The highest BCUT2D eigenvalue weighted by atomic mass is 16.5. The fraction of sp³-hybridized carbons (Fsp3) is 0.923. The standard InChI is InChI=1S/C13H25N3O/c1-11-8-16(9-12(2)17-11)7-5-4-6-13(3,15)10-14/h11-12H,4-9,15H2,1-3H3. The number of hydrogen-bond donors (Lipinski definition) is 1. The maximum Gasteiger partial charge on any atom is 0.101 e. The summed E-state index contributed by atoms with van der Waals surface area (Å²) in [6.45, 7) is 9.15. The molecule has 0 amide bonds. The van der Waals surface area contributed by atoms with Crippen LogP contribution in [0, 0.1) is 11.3 Å². The lowest BCUT2D eigenvalue weighted by Gasteiger charge is -2.35. The highest BCUT2D eigenvalue weighted by molar-refractivity contribution is 5.00. The second-order valence-corrected chi connectivity index (χ2v) is 5.50. The maximum absolute atomic E-state index is 8.81. The Labute approximate surface area is 105 Å². The molecule has 17 heavy (non-hydrogen) atoms. The highest BCUT2D eigenvalue weighted by Gasteiger charge is 2.22. The van der Waals surface area contributed by atoms with Crippen molar-refractivity contribution in [1.82, 2.24) is 4.90 Å². The van der Waals surface area contributed by atoms with E-state index in [-0.39, 0.29) is 0 Å². The van der Waals surface area contributed by atoms with E-state index in [1.54, 1.807) is 6.92 Å². The Kier molecular flexibility index (Phi) is 5.38. The molecular formula is C13H25N3O. The van der Waals surface area contributed by atoms with Crippen molar-refractivity contribution in [3.05, 3.63) is 0 Å². The number of unbranched alkanes of at least 4 members (excludes halogenated alkanes) is 1. The van der Waals surface area contributed by atoms with Gasteiger partial charge >= 0.3 is 0 Å². The van der Waals surface area contributed by atoms with Crippen LogP contribution in [-0.4, -0.2) is 42.3 Å². The maximum atomic E-state index is 8.81. The number of nitrogens with two attached hydrogens (primary N) is 1. The third-order valence-corrected chi connectivity index (χ3v) is 3.17. The molecule has 98 valence electrons. The van der Waals surface area contributed by atoms with Crippen molar-refractivity contribution in [2.75, 3.05) is 19.6 Å². The van der Waals surface area contributed by atoms with E-state index < -0.39 is 5.54 Å². The van der Waals surface area contributed by atoms with E-state index in [0.29, 0.717) is 12.2 Å². The van der Waals surface area contributed by atoms with Gasteiger partial charge in [0, 0.05) is 13.1 Å². The summed E-state index contributed by atoms with van der Waals surface area (Å²) in [4.78, 5) is 2.44. The minimum absolute atomic E-state index is 0.331. The number of morpholine rings is 1. The Hall–Kier alpha value is -0.630. The van der Waals surface area contributed by atoms with E-state index in [1.165, 1.54) is 0 Å². The predicted octanol–water partition coefficient (Wildman–Crippen LogP) is 1.51. The van der Waals surface area contributed by atoms with Crippen molar-refractivity contribution in [1.29, 1.82) is 5.26 Å². The Balaban J connectivity index is 2.17. The lowest BCUT2D eigenvalue weighted by Crippen LogP contribution is -2.45. The minimum atomic E-state index is -0.661. The fourth-order valence-electron chi connectivity index (χ4n) is 2.35. The van der Waals surface area contributed by atoms with Crippen molar-refractivity contribution in [3.63, 3.8) is 0 Å². The SMILES string of the molecule is CC1CN(CCCCC(C)(N)C#N)CC(C)O1. The van der Waals surface area contributed by atoms with Gasteiger partial charge in [-0.1, -0.05) is 0 Å². The third-order valence-electron chi connectivity index (χ3n) is 3.17. The molecule has 0 bridgehead atoms. The summed E-state index contributed by atoms with van der Waals surface area (Å²) < 4.78 is 5.69. The second kappa shape index (κ2) is 6.34. The van der Waals surface area contributed by atoms with Crippen LogP contribution in [0.1, 0.15) is 40.0 Å². The molecule has 1 aliphatic heterocycles. The monoisotopic (exact) mass is 239 g/mol. The number of rotatable bonds is 5. The van der Waals surface area contributed by atoms with Gasteiger partial charge in [0.1, 0.15) is 5.54 Å². The summed E-state index contributed by atoms with van der Waals surface area (Å²) in [6.07, 6.45) is 3.56. The molecule has 1 saturated heterocycles. The summed E-state index contributed by atoms with van der Waals surface area (Å²) in [5.41, 5.74) is 5.12. The van der Waals surface area contributed by atoms with Gasteiger partial charge in [0.25, 0.3) is 0 Å². The Morgan fingerprint density at radius 1 is 1.35 bits per heavy atom. The van der Waals surface area contributed by atoms with Crippen molar-refractivity contribution in [2.45, 2.75) is 57.8 Å². The van der Waals surface area contributed by atoms with Crippen LogP contribution < -0.4 is 5.73 Å². The summed E-state index contributed by atoms with van der Waals surface area (Å²) in [5.74, 6) is 0. The average Bonchev–Trinajstić information content (AvgIpc) is 2.23. The van der Waals surface area contributed by atoms with Gasteiger partial charge in [0.05, 0.1) is 18.3 Å². The lowest BCUT2D eigenvalue weighted by molar-refractivity contribution is -0.0682. The molecule has 1 rings (SSSR count). The van der Waals surface area contributed by atoms with Gasteiger partial charge in [-0.15, -0.1) is 0 Å². The first-order valence-corrected chi connectivity index (χ1v) is 6.51. The molecular weight excluding hydrogens is 214 g/mol. The predicted molar refractivity (Wildman–Crippen MR) is 68.5 cm³/mol. The fourth-order valence-corrected chi connectivity index (χ4v) is 2.35. The van der Waals surface area contributed by atoms with Gasteiger partial charge in [0.2, 0.25) is 0 Å². The van der Waals surface area contributed by atoms with Crippen LogP contribution in [-0.2, 0) is 4.74 Å². The number of hydrogen-bond acceptors (Lipinski definition) is 4. The molecule has 1 heterocycles. The molecule has 3 atom stereocenters. The quantitative estimate of drug-likeness (QED) is 0.739. The van der Waals surface area contributed by atoms with E-state index in [2.05, 4.69) is 24.8 Å². The van der Waals surface area contributed by atoms with Crippen LogP contribution in [0.2, 0.25) is 0 Å². The Morgan fingerprint density at radius 3 is 2.47 bits per heavy atom. The first kappa shape index (κ1) is 14.4. The smallest absolute Gasteiger partial charge is 0.101 e. The van der Waals surface area contributed by atoms with E-state index in [4.69, 9.17) is 15.7 Å². The normalized spacial score (nSPS) is 29.6. The van der Waals surface area contributed by atoms with Gasteiger partial charge in [-0.05, 0) is 46.6 Å². The zero-order chi connectivity index (χ0) is 12.9. The van der Waals surface area contributed by atoms with E-state index in [1.807, 2.05) is 0 Å². The number of ether oxygens (including phenoxy) is 1.